The van der Waals surface area contributed by atoms with Crippen LogP contribution in [0.3, 0.4) is 0 Å². The van der Waals surface area contributed by atoms with Crippen LogP contribution < -0.4 is 10.1 Å². The van der Waals surface area contributed by atoms with Gasteiger partial charge in [0.1, 0.15) is 6.20 Å². The molecule has 0 saturated carbocycles. The van der Waals surface area contributed by atoms with Crippen molar-refractivity contribution in [1.82, 2.24) is 10.3 Å². The van der Waals surface area contributed by atoms with Gasteiger partial charge in [0.15, 0.2) is 0 Å². The Morgan fingerprint density at radius 3 is 3.24 bits per heavy atom. The molecule has 0 spiro atoms. The maximum atomic E-state index is 10.4. The second-order valence-corrected chi connectivity index (χ2v) is 5.04. The van der Waals surface area contributed by atoms with E-state index >= 15 is 0 Å². The van der Waals surface area contributed by atoms with Crippen LogP contribution in [0.15, 0.2) is 6.20 Å². The van der Waals surface area contributed by atoms with Crippen molar-refractivity contribution in [3.05, 3.63) is 16.3 Å². The van der Waals surface area contributed by atoms with Crippen molar-refractivity contribution < 1.29 is 9.66 Å². The highest BCUT2D eigenvalue weighted by atomic mass is 32.1. The minimum absolute atomic E-state index is 0.0272. The number of thiazole rings is 1. The van der Waals surface area contributed by atoms with Crippen LogP contribution in [0.25, 0.3) is 0 Å². The number of nitrogens with one attached hydrogen (secondary N) is 1. The molecule has 1 unspecified atom stereocenters. The number of hydrogen-bond acceptors (Lipinski definition) is 6. The quantitative estimate of drug-likeness (QED) is 0.643. The maximum Gasteiger partial charge on any atom is 0.347 e. The van der Waals surface area contributed by atoms with E-state index in [4.69, 9.17) is 4.74 Å². The molecule has 6 nitrogen and oxygen atoms in total. The van der Waals surface area contributed by atoms with Gasteiger partial charge in [0, 0.05) is 0 Å². The molecule has 2 rings (SSSR count). The van der Waals surface area contributed by atoms with E-state index in [9.17, 15) is 10.1 Å². The molecule has 1 N–H and O–H groups in total. The molecule has 17 heavy (non-hydrogen) atoms. The first-order valence-electron chi connectivity index (χ1n) is 5.69. The summed E-state index contributed by atoms with van der Waals surface area (Å²) in [4.78, 5) is 13.9. The third-order valence-electron chi connectivity index (χ3n) is 2.80. The molecule has 0 bridgehead atoms. The van der Waals surface area contributed by atoms with Crippen molar-refractivity contribution in [1.29, 1.82) is 0 Å². The molecular formula is C10H15N3O3S. The predicted molar refractivity (Wildman–Crippen MR) is 64.5 cm³/mol. The zero-order valence-electron chi connectivity index (χ0n) is 9.42. The minimum atomic E-state index is -0.449. The Balaban J connectivity index is 1.71. The summed E-state index contributed by atoms with van der Waals surface area (Å²) in [6.07, 6.45) is 4.66. The van der Waals surface area contributed by atoms with Crippen molar-refractivity contribution in [2.45, 2.75) is 19.3 Å². The Morgan fingerprint density at radius 2 is 2.59 bits per heavy atom. The van der Waals surface area contributed by atoms with Crippen molar-refractivity contribution in [2.24, 2.45) is 5.92 Å². The maximum absolute atomic E-state index is 10.4. The van der Waals surface area contributed by atoms with Gasteiger partial charge >= 0.3 is 5.00 Å². The van der Waals surface area contributed by atoms with Gasteiger partial charge in [0.2, 0.25) is 0 Å². The summed E-state index contributed by atoms with van der Waals surface area (Å²) in [5, 5.41) is 14.2. The predicted octanol–water partition coefficient (Wildman–Crippen LogP) is 1.82. The highest BCUT2D eigenvalue weighted by molar-refractivity contribution is 7.16. The van der Waals surface area contributed by atoms with E-state index in [2.05, 4.69) is 10.3 Å². The van der Waals surface area contributed by atoms with E-state index in [0.717, 1.165) is 30.8 Å². The second-order valence-electron chi connectivity index (χ2n) is 4.07. The average molecular weight is 257 g/mol. The van der Waals surface area contributed by atoms with E-state index in [1.54, 1.807) is 0 Å². The van der Waals surface area contributed by atoms with Crippen molar-refractivity contribution in [2.75, 3.05) is 19.7 Å². The summed E-state index contributed by atoms with van der Waals surface area (Å²) in [7, 11) is 0. The van der Waals surface area contributed by atoms with Gasteiger partial charge in [-0.1, -0.05) is 0 Å². The lowest BCUT2D eigenvalue weighted by Gasteiger charge is -2.22. The monoisotopic (exact) mass is 257 g/mol. The number of piperidine rings is 1. The third kappa shape index (κ3) is 3.64. The number of hydrogen-bond donors (Lipinski definition) is 1. The Bertz CT molecular complexity index is 377. The molecule has 1 saturated heterocycles. The summed E-state index contributed by atoms with van der Waals surface area (Å²) in [6.45, 7) is 2.73. The van der Waals surface area contributed by atoms with E-state index in [1.807, 2.05) is 0 Å². The molecule has 1 aliphatic rings. The summed E-state index contributed by atoms with van der Waals surface area (Å²) in [6, 6.07) is 0. The van der Waals surface area contributed by atoms with Gasteiger partial charge in [-0.25, -0.2) is 4.98 Å². The molecule has 0 aromatic carbocycles. The van der Waals surface area contributed by atoms with E-state index in [-0.39, 0.29) is 5.00 Å². The highest BCUT2D eigenvalue weighted by Crippen LogP contribution is 2.27. The van der Waals surface area contributed by atoms with Crippen LogP contribution in [0.2, 0.25) is 0 Å². The summed E-state index contributed by atoms with van der Waals surface area (Å²) >= 11 is 0.980. The van der Waals surface area contributed by atoms with Gasteiger partial charge in [-0.15, -0.1) is 0 Å². The van der Waals surface area contributed by atoms with Crippen LogP contribution in [-0.4, -0.2) is 29.6 Å². The van der Waals surface area contributed by atoms with Crippen molar-refractivity contribution in [3.8, 4) is 5.19 Å². The fraction of sp³-hybridized carbons (Fsp3) is 0.700. The van der Waals surface area contributed by atoms with E-state index in [0.29, 0.717) is 17.7 Å². The molecule has 0 radical (unpaired) electrons. The van der Waals surface area contributed by atoms with Crippen LogP contribution in [0.1, 0.15) is 19.3 Å². The lowest BCUT2D eigenvalue weighted by Crippen LogP contribution is -2.30. The summed E-state index contributed by atoms with van der Waals surface area (Å²) in [5.74, 6) is 0.652. The van der Waals surface area contributed by atoms with Crippen molar-refractivity contribution in [3.63, 3.8) is 0 Å². The fourth-order valence-corrected chi connectivity index (χ4v) is 2.49. The van der Waals surface area contributed by atoms with Gasteiger partial charge in [0.25, 0.3) is 5.19 Å². The lowest BCUT2D eigenvalue weighted by atomic mass is 9.97. The Morgan fingerprint density at radius 1 is 1.71 bits per heavy atom. The highest BCUT2D eigenvalue weighted by Gasteiger charge is 2.15. The number of rotatable bonds is 5. The normalized spacial score (nSPS) is 20.1. The molecule has 2 heterocycles. The largest absolute Gasteiger partial charge is 0.470 e. The molecule has 1 fully saturated rings. The molecule has 1 atom stereocenters. The zero-order valence-corrected chi connectivity index (χ0v) is 10.2. The first-order valence-corrected chi connectivity index (χ1v) is 6.51. The average Bonchev–Trinajstić information content (AvgIpc) is 2.79. The lowest BCUT2D eigenvalue weighted by molar-refractivity contribution is -0.380. The van der Waals surface area contributed by atoms with E-state index in [1.165, 1.54) is 19.0 Å². The summed E-state index contributed by atoms with van der Waals surface area (Å²) < 4.78 is 5.41. The summed E-state index contributed by atoms with van der Waals surface area (Å²) in [5.41, 5.74) is 0. The number of aromatic nitrogens is 1. The number of ether oxygens (including phenoxy) is 1. The molecule has 1 aliphatic heterocycles. The SMILES string of the molecule is O=[N+]([O-])c1cnc(OCCC2CCCNC2)s1. The number of nitrogens with zero attached hydrogens (tertiary/aromatic N) is 2. The molecule has 0 aliphatic carbocycles. The third-order valence-corrected chi connectivity index (χ3v) is 3.66. The molecular weight excluding hydrogens is 242 g/mol. The topological polar surface area (TPSA) is 77.3 Å². The molecule has 7 heteroatoms. The fourth-order valence-electron chi connectivity index (χ4n) is 1.88. The van der Waals surface area contributed by atoms with Crippen LogP contribution >= 0.6 is 11.3 Å². The zero-order chi connectivity index (χ0) is 12.1. The van der Waals surface area contributed by atoms with Gasteiger partial charge in [0.05, 0.1) is 11.5 Å². The smallest absolute Gasteiger partial charge is 0.347 e. The van der Waals surface area contributed by atoms with Gasteiger partial charge < -0.3 is 10.1 Å². The second kappa shape index (κ2) is 5.92. The Labute approximate surface area is 103 Å². The standard InChI is InChI=1S/C10H15N3O3S/c14-13(15)9-7-12-10(17-9)16-5-3-8-2-1-4-11-6-8/h7-8,11H,1-6H2. The van der Waals surface area contributed by atoms with Crippen molar-refractivity contribution >= 4 is 16.3 Å². The van der Waals surface area contributed by atoms with Crippen LogP contribution in [0.4, 0.5) is 5.00 Å². The molecule has 1 aromatic heterocycles. The molecule has 1 aromatic rings. The Hall–Kier alpha value is -1.21. The van der Waals surface area contributed by atoms with Gasteiger partial charge in [-0.3, -0.25) is 10.1 Å². The van der Waals surface area contributed by atoms with Gasteiger partial charge in [-0.05, 0) is 49.6 Å². The van der Waals surface area contributed by atoms with Crippen LogP contribution in [0.5, 0.6) is 5.19 Å². The Kier molecular flexibility index (Phi) is 4.27. The first-order chi connectivity index (χ1) is 8.25. The van der Waals surface area contributed by atoms with E-state index < -0.39 is 4.92 Å². The first kappa shape index (κ1) is 12.3. The molecule has 94 valence electrons. The van der Waals surface area contributed by atoms with Gasteiger partial charge in [-0.2, -0.15) is 0 Å². The number of nitro groups is 1. The molecule has 0 amide bonds. The van der Waals surface area contributed by atoms with Crippen LogP contribution in [-0.2, 0) is 0 Å². The van der Waals surface area contributed by atoms with Crippen LogP contribution in [0, 0.1) is 16.0 Å². The minimum Gasteiger partial charge on any atom is -0.470 e.